The second-order valence-corrected chi connectivity index (χ2v) is 4.48. The summed E-state index contributed by atoms with van der Waals surface area (Å²) < 4.78 is 5.51. The first-order chi connectivity index (χ1) is 8.08. The summed E-state index contributed by atoms with van der Waals surface area (Å²) in [5.41, 5.74) is 0.810. The lowest BCUT2D eigenvalue weighted by atomic mass is 10.0. The summed E-state index contributed by atoms with van der Waals surface area (Å²) in [7, 11) is 0. The highest BCUT2D eigenvalue weighted by Crippen LogP contribution is 2.31. The van der Waals surface area contributed by atoms with Gasteiger partial charge in [0.15, 0.2) is 0 Å². The highest BCUT2D eigenvalue weighted by Gasteiger charge is 2.27. The molecule has 0 heterocycles. The Hall–Kier alpha value is -1.20. The van der Waals surface area contributed by atoms with Crippen molar-refractivity contribution >= 4 is 0 Å². The summed E-state index contributed by atoms with van der Waals surface area (Å²) in [6.45, 7) is 6.10. The smallest absolute Gasteiger partial charge is 0.118 e. The molecule has 1 aliphatic carbocycles. The molecule has 0 aromatic heterocycles. The van der Waals surface area contributed by atoms with Crippen LogP contribution in [0, 0.1) is 16.7 Å². The van der Waals surface area contributed by atoms with E-state index in [2.05, 4.69) is 11.8 Å². The number of aliphatic hydroxyl groups is 2. The number of rotatable bonds is 7. The van der Waals surface area contributed by atoms with Crippen molar-refractivity contribution in [2.45, 2.75) is 19.4 Å². The Morgan fingerprint density at radius 2 is 2.41 bits per heavy atom. The van der Waals surface area contributed by atoms with Crippen LogP contribution in [0.1, 0.15) is 13.3 Å². The predicted octanol–water partition coefficient (Wildman–Crippen LogP) is 1.22. The van der Waals surface area contributed by atoms with Gasteiger partial charge in [0.05, 0.1) is 12.7 Å². The Kier molecular flexibility index (Phi) is 5.31. The number of aliphatic hydroxyl groups excluding tert-OH is 2. The van der Waals surface area contributed by atoms with Gasteiger partial charge < -0.3 is 14.9 Å². The number of nitrogens with zero attached hydrogens (tertiary/aromatic N) is 1. The van der Waals surface area contributed by atoms with Crippen molar-refractivity contribution in [3.63, 3.8) is 0 Å². The van der Waals surface area contributed by atoms with Crippen LogP contribution in [0.15, 0.2) is 29.2 Å². The van der Waals surface area contributed by atoms with Gasteiger partial charge >= 0.3 is 0 Å². The van der Waals surface area contributed by atoms with Gasteiger partial charge in [0.2, 0.25) is 0 Å². The second-order valence-electron chi connectivity index (χ2n) is 4.48. The van der Waals surface area contributed by atoms with Gasteiger partial charge in [-0.25, -0.2) is 0 Å². The lowest BCUT2D eigenvalue weighted by Crippen LogP contribution is -2.19. The van der Waals surface area contributed by atoms with Gasteiger partial charge in [-0.1, -0.05) is 18.7 Å². The maximum atomic E-state index is 10.1. The maximum absolute atomic E-state index is 10.1. The largest absolute Gasteiger partial charge is 0.493 e. The molecule has 0 fully saturated rings. The van der Waals surface area contributed by atoms with E-state index in [9.17, 15) is 10.0 Å². The van der Waals surface area contributed by atoms with Crippen LogP contribution >= 0.6 is 0 Å². The molecule has 2 N–H and O–H groups in total. The van der Waals surface area contributed by atoms with E-state index in [1.807, 2.05) is 6.92 Å². The first-order valence-electron chi connectivity index (χ1n) is 5.69. The molecule has 0 spiro atoms. The number of ether oxygens (including phenoxy) is 1. The third kappa shape index (κ3) is 3.94. The van der Waals surface area contributed by atoms with Crippen LogP contribution in [-0.2, 0) is 4.74 Å². The van der Waals surface area contributed by atoms with E-state index in [1.54, 1.807) is 6.08 Å². The summed E-state index contributed by atoms with van der Waals surface area (Å²) in [4.78, 5) is 10.1. The van der Waals surface area contributed by atoms with Crippen LogP contribution < -0.4 is 0 Å². The Balaban J connectivity index is 2.51. The molecule has 3 atom stereocenters. The topological polar surface area (TPSA) is 79.1 Å². The van der Waals surface area contributed by atoms with Crippen molar-refractivity contribution in [2.75, 3.05) is 19.8 Å². The molecule has 0 amide bonds. The Morgan fingerprint density at radius 3 is 3.00 bits per heavy atom. The van der Waals surface area contributed by atoms with Gasteiger partial charge in [-0.15, -0.1) is 0 Å². The van der Waals surface area contributed by atoms with E-state index in [0.717, 1.165) is 5.57 Å². The van der Waals surface area contributed by atoms with Crippen LogP contribution in [-0.4, -0.2) is 36.1 Å². The van der Waals surface area contributed by atoms with Crippen molar-refractivity contribution in [3.05, 3.63) is 28.9 Å². The van der Waals surface area contributed by atoms with E-state index in [0.29, 0.717) is 18.8 Å². The van der Waals surface area contributed by atoms with Crippen molar-refractivity contribution < 1.29 is 14.9 Å². The first kappa shape index (κ1) is 13.9. The number of allylic oxidation sites excluding steroid dienone is 1. The zero-order chi connectivity index (χ0) is 12.8. The molecule has 96 valence electrons. The quantitative estimate of drug-likeness (QED) is 0.657. The summed E-state index contributed by atoms with van der Waals surface area (Å²) >= 11 is 0. The second kappa shape index (κ2) is 6.51. The molecular weight excluding hydrogens is 222 g/mol. The molecule has 0 aromatic carbocycles. The third-order valence-electron chi connectivity index (χ3n) is 2.79. The molecule has 1 aliphatic rings. The van der Waals surface area contributed by atoms with Gasteiger partial charge in [0.25, 0.3) is 0 Å². The monoisotopic (exact) mass is 241 g/mol. The third-order valence-corrected chi connectivity index (χ3v) is 2.79. The van der Waals surface area contributed by atoms with E-state index >= 15 is 0 Å². The van der Waals surface area contributed by atoms with E-state index in [1.165, 1.54) is 0 Å². The zero-order valence-electron chi connectivity index (χ0n) is 10.0. The maximum Gasteiger partial charge on any atom is 0.118 e. The van der Waals surface area contributed by atoms with Gasteiger partial charge in [-0.05, 0) is 18.1 Å². The van der Waals surface area contributed by atoms with Crippen molar-refractivity contribution in [1.29, 1.82) is 0 Å². The fourth-order valence-electron chi connectivity index (χ4n) is 1.65. The highest BCUT2D eigenvalue weighted by atomic mass is 16.5. The molecule has 0 aliphatic heterocycles. The fraction of sp³-hybridized carbons (Fsp3) is 0.667. The molecule has 0 saturated carbocycles. The van der Waals surface area contributed by atoms with Crippen molar-refractivity contribution in [1.82, 2.24) is 0 Å². The molecule has 5 nitrogen and oxygen atoms in total. The SMILES string of the molecule is C=C1CC(C(O)CN=O)C=C1OCC(C)CO. The molecule has 0 bridgehead atoms. The number of hydrogen-bond donors (Lipinski definition) is 2. The summed E-state index contributed by atoms with van der Waals surface area (Å²) in [6, 6.07) is 0. The van der Waals surface area contributed by atoms with E-state index in [-0.39, 0.29) is 25.0 Å². The summed E-state index contributed by atoms with van der Waals surface area (Å²) in [6.07, 6.45) is 1.59. The Labute approximate surface area is 101 Å². The van der Waals surface area contributed by atoms with Crippen LogP contribution in [0.25, 0.3) is 0 Å². The minimum Gasteiger partial charge on any atom is -0.493 e. The molecule has 1 rings (SSSR count). The lowest BCUT2D eigenvalue weighted by Gasteiger charge is -2.11. The minimum absolute atomic E-state index is 0.0596. The molecule has 5 heteroatoms. The van der Waals surface area contributed by atoms with Crippen LogP contribution in [0.4, 0.5) is 0 Å². The van der Waals surface area contributed by atoms with Gasteiger partial charge in [-0.2, -0.15) is 4.91 Å². The van der Waals surface area contributed by atoms with Crippen molar-refractivity contribution in [3.8, 4) is 0 Å². The highest BCUT2D eigenvalue weighted by molar-refractivity contribution is 5.31. The first-order valence-corrected chi connectivity index (χ1v) is 5.69. The van der Waals surface area contributed by atoms with E-state index in [4.69, 9.17) is 9.84 Å². The molecule has 17 heavy (non-hydrogen) atoms. The van der Waals surface area contributed by atoms with Crippen LogP contribution in [0.5, 0.6) is 0 Å². The number of hydrogen-bond acceptors (Lipinski definition) is 5. The molecule has 3 unspecified atom stereocenters. The predicted molar refractivity (Wildman–Crippen MR) is 64.2 cm³/mol. The summed E-state index contributed by atoms with van der Waals surface area (Å²) in [5, 5.41) is 21.2. The van der Waals surface area contributed by atoms with Gasteiger partial charge in [-0.3, -0.25) is 0 Å². The van der Waals surface area contributed by atoms with Crippen LogP contribution in [0.3, 0.4) is 0 Å². The standard InChI is InChI=1S/C12H19NO4/c1-8(6-14)7-17-12-4-10(3-9(12)2)11(15)5-13-16/h4,8,10-11,14-15H,2-3,5-7H2,1H3. The fourth-order valence-corrected chi connectivity index (χ4v) is 1.65. The van der Waals surface area contributed by atoms with Gasteiger partial charge in [0.1, 0.15) is 12.3 Å². The molecule has 0 radical (unpaired) electrons. The lowest BCUT2D eigenvalue weighted by molar-refractivity contribution is 0.130. The van der Waals surface area contributed by atoms with Gasteiger partial charge in [0, 0.05) is 18.4 Å². The average Bonchev–Trinajstić information content (AvgIpc) is 2.68. The zero-order valence-corrected chi connectivity index (χ0v) is 10.0. The van der Waals surface area contributed by atoms with Crippen LogP contribution in [0.2, 0.25) is 0 Å². The van der Waals surface area contributed by atoms with E-state index < -0.39 is 6.10 Å². The number of nitroso groups, excluding NO2 is 1. The molecule has 0 saturated heterocycles. The van der Waals surface area contributed by atoms with Crippen molar-refractivity contribution in [2.24, 2.45) is 17.0 Å². The molecule has 0 aromatic rings. The normalized spacial score (nSPS) is 23.1. The Morgan fingerprint density at radius 1 is 1.71 bits per heavy atom. The minimum atomic E-state index is -0.777. The average molecular weight is 241 g/mol. The summed E-state index contributed by atoms with van der Waals surface area (Å²) in [5.74, 6) is 0.559. The molecular formula is C12H19NO4. The Bertz CT molecular complexity index is 314.